The van der Waals surface area contributed by atoms with Crippen molar-refractivity contribution in [2.45, 2.75) is 40.3 Å². The van der Waals surface area contributed by atoms with Gasteiger partial charge in [0.15, 0.2) is 0 Å². The Balaban J connectivity index is 2.14. The van der Waals surface area contributed by atoms with Gasteiger partial charge < -0.3 is 10.1 Å². The SMILES string of the molecule is Cc1ccc(Cl)cc1Oc1ccc(CNC(C)C)c(C)n1. The monoisotopic (exact) mass is 304 g/mol. The van der Waals surface area contributed by atoms with Crippen molar-refractivity contribution in [3.63, 3.8) is 0 Å². The van der Waals surface area contributed by atoms with Crippen molar-refractivity contribution >= 4 is 11.6 Å². The van der Waals surface area contributed by atoms with Crippen LogP contribution in [0, 0.1) is 13.8 Å². The summed E-state index contributed by atoms with van der Waals surface area (Å²) < 4.78 is 5.84. The van der Waals surface area contributed by atoms with E-state index >= 15 is 0 Å². The van der Waals surface area contributed by atoms with E-state index < -0.39 is 0 Å². The molecule has 0 amide bonds. The number of hydrogen-bond donors (Lipinski definition) is 1. The lowest BCUT2D eigenvalue weighted by Gasteiger charge is -2.12. The molecule has 0 bridgehead atoms. The lowest BCUT2D eigenvalue weighted by Crippen LogP contribution is -2.22. The minimum atomic E-state index is 0.453. The van der Waals surface area contributed by atoms with Crippen molar-refractivity contribution in [1.82, 2.24) is 10.3 Å². The summed E-state index contributed by atoms with van der Waals surface area (Å²) in [5, 5.41) is 4.05. The Morgan fingerprint density at radius 3 is 2.62 bits per heavy atom. The van der Waals surface area contributed by atoms with Crippen molar-refractivity contribution < 1.29 is 4.74 Å². The molecule has 0 aliphatic rings. The Morgan fingerprint density at radius 2 is 1.95 bits per heavy atom. The second kappa shape index (κ2) is 6.92. The summed E-state index contributed by atoms with van der Waals surface area (Å²) in [6, 6.07) is 9.99. The highest BCUT2D eigenvalue weighted by molar-refractivity contribution is 6.30. The van der Waals surface area contributed by atoms with Gasteiger partial charge in [-0.15, -0.1) is 0 Å². The van der Waals surface area contributed by atoms with Crippen molar-refractivity contribution in [2.75, 3.05) is 0 Å². The van der Waals surface area contributed by atoms with Crippen LogP contribution in [0.3, 0.4) is 0 Å². The summed E-state index contributed by atoms with van der Waals surface area (Å²) in [7, 11) is 0. The molecule has 0 unspecified atom stereocenters. The fraction of sp³-hybridized carbons (Fsp3) is 0.353. The quantitative estimate of drug-likeness (QED) is 0.873. The zero-order valence-corrected chi connectivity index (χ0v) is 13.7. The molecule has 1 aromatic carbocycles. The summed E-state index contributed by atoms with van der Waals surface area (Å²) >= 11 is 6.00. The first-order valence-electron chi connectivity index (χ1n) is 7.09. The molecule has 4 heteroatoms. The van der Waals surface area contributed by atoms with Gasteiger partial charge in [0.05, 0.1) is 0 Å². The molecular formula is C17H21ClN2O. The number of pyridine rings is 1. The number of aryl methyl sites for hydroxylation is 2. The average molecular weight is 305 g/mol. The van der Waals surface area contributed by atoms with E-state index in [-0.39, 0.29) is 0 Å². The minimum absolute atomic E-state index is 0.453. The molecule has 0 aliphatic heterocycles. The first-order chi connectivity index (χ1) is 9.95. The number of nitrogens with zero attached hydrogens (tertiary/aromatic N) is 1. The number of halogens is 1. The normalized spacial score (nSPS) is 11.0. The molecule has 0 saturated carbocycles. The second-order valence-electron chi connectivity index (χ2n) is 5.44. The Labute approximate surface area is 131 Å². The van der Waals surface area contributed by atoms with Gasteiger partial charge in [-0.1, -0.05) is 37.6 Å². The van der Waals surface area contributed by atoms with Crippen molar-refractivity contribution in [3.8, 4) is 11.6 Å². The molecule has 0 aliphatic carbocycles. The highest BCUT2D eigenvalue weighted by atomic mass is 35.5. The number of rotatable bonds is 5. The fourth-order valence-corrected chi connectivity index (χ4v) is 2.08. The van der Waals surface area contributed by atoms with Gasteiger partial charge in [-0.3, -0.25) is 0 Å². The topological polar surface area (TPSA) is 34.1 Å². The first kappa shape index (κ1) is 15.8. The lowest BCUT2D eigenvalue weighted by molar-refractivity contribution is 0.457. The highest BCUT2D eigenvalue weighted by Crippen LogP contribution is 2.27. The first-order valence-corrected chi connectivity index (χ1v) is 7.47. The standard InChI is InChI=1S/C17H21ClN2O/c1-11(2)19-10-14-6-8-17(20-13(14)4)21-16-9-15(18)7-5-12(16)3/h5-9,11,19H,10H2,1-4H3. The van der Waals surface area contributed by atoms with Gasteiger partial charge in [-0.2, -0.15) is 0 Å². The van der Waals surface area contributed by atoms with Gasteiger partial charge in [-0.05, 0) is 37.1 Å². The van der Waals surface area contributed by atoms with Crippen molar-refractivity contribution in [1.29, 1.82) is 0 Å². The molecule has 0 radical (unpaired) electrons. The van der Waals surface area contributed by atoms with E-state index in [1.54, 1.807) is 0 Å². The highest BCUT2D eigenvalue weighted by Gasteiger charge is 2.07. The van der Waals surface area contributed by atoms with Crippen LogP contribution in [0.5, 0.6) is 11.6 Å². The Hall–Kier alpha value is -1.58. The zero-order valence-electron chi connectivity index (χ0n) is 12.9. The summed E-state index contributed by atoms with van der Waals surface area (Å²) in [4.78, 5) is 4.51. The van der Waals surface area contributed by atoms with Crippen molar-refractivity contribution in [3.05, 3.63) is 52.2 Å². The van der Waals surface area contributed by atoms with E-state index in [4.69, 9.17) is 16.3 Å². The van der Waals surface area contributed by atoms with E-state index in [1.165, 1.54) is 5.56 Å². The number of aromatic nitrogens is 1. The molecule has 3 nitrogen and oxygen atoms in total. The molecule has 2 aromatic rings. The molecule has 112 valence electrons. The number of hydrogen-bond acceptors (Lipinski definition) is 3. The number of nitrogens with one attached hydrogen (secondary N) is 1. The Kier molecular flexibility index (Phi) is 5.21. The summed E-state index contributed by atoms with van der Waals surface area (Å²) in [6.45, 7) is 9.05. The largest absolute Gasteiger partial charge is 0.439 e. The van der Waals surface area contributed by atoms with Crippen LogP contribution in [0.4, 0.5) is 0 Å². The molecule has 1 N–H and O–H groups in total. The third kappa shape index (κ3) is 4.45. The van der Waals surface area contributed by atoms with Gasteiger partial charge in [0.25, 0.3) is 0 Å². The van der Waals surface area contributed by atoms with Crippen LogP contribution in [-0.4, -0.2) is 11.0 Å². The van der Waals surface area contributed by atoms with Crippen LogP contribution < -0.4 is 10.1 Å². The van der Waals surface area contributed by atoms with E-state index in [0.29, 0.717) is 16.9 Å². The van der Waals surface area contributed by atoms with Gasteiger partial charge in [0.1, 0.15) is 5.75 Å². The lowest BCUT2D eigenvalue weighted by atomic mass is 10.2. The molecule has 0 spiro atoms. The van der Waals surface area contributed by atoms with E-state index in [0.717, 1.165) is 23.6 Å². The maximum Gasteiger partial charge on any atom is 0.219 e. The second-order valence-corrected chi connectivity index (χ2v) is 5.88. The molecule has 21 heavy (non-hydrogen) atoms. The van der Waals surface area contributed by atoms with Gasteiger partial charge in [0, 0.05) is 29.4 Å². The van der Waals surface area contributed by atoms with E-state index in [1.807, 2.05) is 44.2 Å². The molecule has 1 aromatic heterocycles. The van der Waals surface area contributed by atoms with Gasteiger partial charge in [0.2, 0.25) is 5.88 Å². The van der Waals surface area contributed by atoms with Gasteiger partial charge >= 0.3 is 0 Å². The van der Waals surface area contributed by atoms with Crippen LogP contribution in [-0.2, 0) is 6.54 Å². The van der Waals surface area contributed by atoms with Crippen LogP contribution in [0.2, 0.25) is 5.02 Å². The third-order valence-electron chi connectivity index (χ3n) is 3.24. The Bertz CT molecular complexity index is 626. The molecule has 2 rings (SSSR count). The van der Waals surface area contributed by atoms with Crippen LogP contribution in [0.25, 0.3) is 0 Å². The number of ether oxygens (including phenoxy) is 1. The maximum atomic E-state index is 6.00. The third-order valence-corrected chi connectivity index (χ3v) is 3.47. The molecule has 0 saturated heterocycles. The summed E-state index contributed by atoms with van der Waals surface area (Å²) in [5.41, 5.74) is 3.18. The molecular weight excluding hydrogens is 284 g/mol. The van der Waals surface area contributed by atoms with E-state index in [2.05, 4.69) is 24.1 Å². The van der Waals surface area contributed by atoms with Crippen LogP contribution in [0.15, 0.2) is 30.3 Å². The fourth-order valence-electron chi connectivity index (χ4n) is 1.92. The van der Waals surface area contributed by atoms with Gasteiger partial charge in [-0.25, -0.2) is 4.98 Å². The minimum Gasteiger partial charge on any atom is -0.439 e. The number of benzene rings is 1. The zero-order chi connectivity index (χ0) is 15.4. The molecule has 0 atom stereocenters. The van der Waals surface area contributed by atoms with Crippen LogP contribution in [0.1, 0.15) is 30.7 Å². The maximum absolute atomic E-state index is 6.00. The molecule has 0 fully saturated rings. The van der Waals surface area contributed by atoms with E-state index in [9.17, 15) is 0 Å². The predicted octanol–water partition coefficient (Wildman–Crippen LogP) is 4.64. The Morgan fingerprint density at radius 1 is 1.19 bits per heavy atom. The average Bonchev–Trinajstić information content (AvgIpc) is 2.42. The molecule has 1 heterocycles. The smallest absolute Gasteiger partial charge is 0.219 e. The van der Waals surface area contributed by atoms with Crippen LogP contribution >= 0.6 is 11.6 Å². The summed E-state index contributed by atoms with van der Waals surface area (Å²) in [6.07, 6.45) is 0. The van der Waals surface area contributed by atoms with Crippen molar-refractivity contribution in [2.24, 2.45) is 0 Å². The summed E-state index contributed by atoms with van der Waals surface area (Å²) in [5.74, 6) is 1.33. The predicted molar refractivity (Wildman–Crippen MR) is 87.2 cm³/mol.